The molecule has 0 unspecified atom stereocenters. The standard InChI is InChI=1S/C16H19N5/c1-10-14(11(2)21(3)20-10)9-18-16-13(8-17)7-12-5-4-6-15(12)19-16/h7H,4-6,9H2,1-3H3,(H,18,19). The number of hydrogen-bond donors (Lipinski definition) is 1. The maximum absolute atomic E-state index is 9.31. The molecular weight excluding hydrogens is 262 g/mol. The average molecular weight is 281 g/mol. The van der Waals surface area contributed by atoms with Crippen molar-refractivity contribution >= 4 is 5.82 Å². The van der Waals surface area contributed by atoms with E-state index in [0.717, 1.165) is 36.3 Å². The van der Waals surface area contributed by atoms with E-state index < -0.39 is 0 Å². The number of anilines is 1. The highest BCUT2D eigenvalue weighted by atomic mass is 15.3. The molecule has 108 valence electrons. The molecule has 0 fully saturated rings. The quantitative estimate of drug-likeness (QED) is 0.938. The van der Waals surface area contributed by atoms with Crippen molar-refractivity contribution in [1.29, 1.82) is 5.26 Å². The number of nitrogens with zero attached hydrogens (tertiary/aromatic N) is 4. The third-order valence-electron chi connectivity index (χ3n) is 4.26. The summed E-state index contributed by atoms with van der Waals surface area (Å²) in [4.78, 5) is 4.64. The minimum absolute atomic E-state index is 0.634. The van der Waals surface area contributed by atoms with E-state index in [4.69, 9.17) is 0 Å². The van der Waals surface area contributed by atoms with Crippen molar-refractivity contribution < 1.29 is 0 Å². The van der Waals surface area contributed by atoms with Gasteiger partial charge in [-0.25, -0.2) is 4.98 Å². The summed E-state index contributed by atoms with van der Waals surface area (Å²) < 4.78 is 1.88. The van der Waals surface area contributed by atoms with E-state index >= 15 is 0 Å². The molecule has 0 bridgehead atoms. The number of fused-ring (bicyclic) bond motifs is 1. The Morgan fingerprint density at radius 1 is 1.38 bits per heavy atom. The molecule has 0 saturated carbocycles. The molecule has 2 aromatic rings. The highest BCUT2D eigenvalue weighted by Crippen LogP contribution is 2.25. The first-order chi connectivity index (χ1) is 10.1. The Hall–Kier alpha value is -2.35. The Morgan fingerprint density at radius 3 is 2.86 bits per heavy atom. The van der Waals surface area contributed by atoms with E-state index in [1.165, 1.54) is 11.1 Å². The summed E-state index contributed by atoms with van der Waals surface area (Å²) in [5.74, 6) is 0.695. The first-order valence-electron chi connectivity index (χ1n) is 7.26. The number of rotatable bonds is 3. The molecule has 0 aliphatic heterocycles. The Morgan fingerprint density at radius 2 is 2.19 bits per heavy atom. The molecule has 0 aromatic carbocycles. The van der Waals surface area contributed by atoms with Crippen LogP contribution in [0.25, 0.3) is 0 Å². The van der Waals surface area contributed by atoms with E-state index in [0.29, 0.717) is 17.9 Å². The molecule has 21 heavy (non-hydrogen) atoms. The van der Waals surface area contributed by atoms with Crippen LogP contribution in [0.2, 0.25) is 0 Å². The van der Waals surface area contributed by atoms with Gasteiger partial charge in [-0.2, -0.15) is 10.4 Å². The maximum Gasteiger partial charge on any atom is 0.144 e. The molecule has 0 atom stereocenters. The molecule has 0 radical (unpaired) electrons. The monoisotopic (exact) mass is 281 g/mol. The predicted molar refractivity (Wildman–Crippen MR) is 81.0 cm³/mol. The van der Waals surface area contributed by atoms with E-state index in [9.17, 15) is 5.26 Å². The lowest BCUT2D eigenvalue weighted by Crippen LogP contribution is -2.07. The summed E-state index contributed by atoms with van der Waals surface area (Å²) in [5, 5.41) is 17.0. The Labute approximate surface area is 124 Å². The Kier molecular flexibility index (Phi) is 3.38. The number of nitriles is 1. The van der Waals surface area contributed by atoms with Crippen LogP contribution in [0.3, 0.4) is 0 Å². The summed E-state index contributed by atoms with van der Waals surface area (Å²) in [7, 11) is 1.94. The molecule has 5 nitrogen and oxygen atoms in total. The Bertz CT molecular complexity index is 736. The van der Waals surface area contributed by atoms with Gasteiger partial charge in [0.25, 0.3) is 0 Å². The zero-order chi connectivity index (χ0) is 15.0. The van der Waals surface area contributed by atoms with Crippen molar-refractivity contribution in [3.8, 4) is 6.07 Å². The minimum atomic E-state index is 0.634. The smallest absolute Gasteiger partial charge is 0.144 e. The van der Waals surface area contributed by atoms with Crippen molar-refractivity contribution in [2.75, 3.05) is 5.32 Å². The molecule has 0 spiro atoms. The van der Waals surface area contributed by atoms with E-state index in [-0.39, 0.29) is 0 Å². The lowest BCUT2D eigenvalue weighted by atomic mass is 10.1. The maximum atomic E-state index is 9.31. The molecule has 5 heteroatoms. The van der Waals surface area contributed by atoms with Gasteiger partial charge in [0.1, 0.15) is 11.9 Å². The molecule has 1 aliphatic rings. The van der Waals surface area contributed by atoms with Crippen LogP contribution in [0.1, 0.15) is 40.2 Å². The second-order valence-electron chi connectivity index (χ2n) is 5.58. The zero-order valence-electron chi connectivity index (χ0n) is 12.7. The lowest BCUT2D eigenvalue weighted by Gasteiger charge is -2.10. The second kappa shape index (κ2) is 5.21. The van der Waals surface area contributed by atoms with Gasteiger partial charge in [0, 0.05) is 30.5 Å². The lowest BCUT2D eigenvalue weighted by molar-refractivity contribution is 0.730. The molecule has 1 aliphatic carbocycles. The topological polar surface area (TPSA) is 66.5 Å². The second-order valence-corrected chi connectivity index (χ2v) is 5.58. The zero-order valence-corrected chi connectivity index (χ0v) is 12.7. The van der Waals surface area contributed by atoms with Crippen molar-refractivity contribution in [3.05, 3.63) is 39.8 Å². The fourth-order valence-corrected chi connectivity index (χ4v) is 2.94. The van der Waals surface area contributed by atoms with Gasteiger partial charge in [-0.1, -0.05) is 0 Å². The van der Waals surface area contributed by atoms with Gasteiger partial charge in [-0.15, -0.1) is 0 Å². The molecule has 3 rings (SSSR count). The van der Waals surface area contributed by atoms with Crippen LogP contribution < -0.4 is 5.32 Å². The van der Waals surface area contributed by atoms with Gasteiger partial charge in [0.2, 0.25) is 0 Å². The van der Waals surface area contributed by atoms with Gasteiger partial charge in [-0.3, -0.25) is 4.68 Å². The molecule has 0 amide bonds. The van der Waals surface area contributed by atoms with Gasteiger partial charge >= 0.3 is 0 Å². The third kappa shape index (κ3) is 2.38. The van der Waals surface area contributed by atoms with Crippen molar-refractivity contribution in [2.24, 2.45) is 7.05 Å². The SMILES string of the molecule is Cc1nn(C)c(C)c1CNc1nc2c(cc1C#N)CCC2. The normalized spacial score (nSPS) is 13.0. The summed E-state index contributed by atoms with van der Waals surface area (Å²) in [6.07, 6.45) is 3.19. The first-order valence-corrected chi connectivity index (χ1v) is 7.26. The summed E-state index contributed by atoms with van der Waals surface area (Å²) in [5.41, 5.74) is 6.32. The number of aryl methyl sites for hydroxylation is 4. The summed E-state index contributed by atoms with van der Waals surface area (Å²) in [6.45, 7) is 4.70. The molecule has 2 heterocycles. The minimum Gasteiger partial charge on any atom is -0.365 e. The van der Waals surface area contributed by atoms with Crippen molar-refractivity contribution in [2.45, 2.75) is 39.7 Å². The number of hydrogen-bond acceptors (Lipinski definition) is 4. The first kappa shape index (κ1) is 13.6. The van der Waals surface area contributed by atoms with Crippen LogP contribution in [0.15, 0.2) is 6.07 Å². The van der Waals surface area contributed by atoms with Gasteiger partial charge < -0.3 is 5.32 Å². The molecule has 0 saturated heterocycles. The average Bonchev–Trinajstić information content (AvgIpc) is 3.01. The number of nitrogens with one attached hydrogen (secondary N) is 1. The van der Waals surface area contributed by atoms with E-state index in [1.54, 1.807) is 0 Å². The fraction of sp³-hybridized carbons (Fsp3) is 0.438. The molecular formula is C16H19N5. The van der Waals surface area contributed by atoms with Crippen LogP contribution >= 0.6 is 0 Å². The summed E-state index contributed by atoms with van der Waals surface area (Å²) in [6, 6.07) is 4.24. The highest BCUT2D eigenvalue weighted by Gasteiger charge is 2.17. The van der Waals surface area contributed by atoms with Gasteiger partial charge in [0.05, 0.1) is 11.3 Å². The molecule has 2 aromatic heterocycles. The van der Waals surface area contributed by atoms with E-state index in [2.05, 4.69) is 28.4 Å². The van der Waals surface area contributed by atoms with Crippen LogP contribution in [-0.4, -0.2) is 14.8 Å². The number of aromatic nitrogens is 3. The van der Waals surface area contributed by atoms with Crippen LogP contribution in [0, 0.1) is 25.2 Å². The largest absolute Gasteiger partial charge is 0.365 e. The summed E-state index contributed by atoms with van der Waals surface area (Å²) >= 11 is 0. The van der Waals surface area contributed by atoms with Crippen molar-refractivity contribution in [3.63, 3.8) is 0 Å². The highest BCUT2D eigenvalue weighted by molar-refractivity contribution is 5.55. The van der Waals surface area contributed by atoms with Crippen LogP contribution in [0.5, 0.6) is 0 Å². The van der Waals surface area contributed by atoms with Crippen LogP contribution in [-0.2, 0) is 26.4 Å². The fourth-order valence-electron chi connectivity index (χ4n) is 2.94. The molecule has 1 N–H and O–H groups in total. The van der Waals surface area contributed by atoms with Crippen LogP contribution in [0.4, 0.5) is 5.82 Å². The van der Waals surface area contributed by atoms with Gasteiger partial charge in [-0.05, 0) is 44.7 Å². The van der Waals surface area contributed by atoms with Gasteiger partial charge in [0.15, 0.2) is 0 Å². The predicted octanol–water partition coefficient (Wildman–Crippen LogP) is 2.40. The van der Waals surface area contributed by atoms with Crippen molar-refractivity contribution in [1.82, 2.24) is 14.8 Å². The van der Waals surface area contributed by atoms with E-state index in [1.807, 2.05) is 24.7 Å². The Balaban J connectivity index is 1.87. The third-order valence-corrected chi connectivity index (χ3v) is 4.26. The number of pyridine rings is 1.